The lowest BCUT2D eigenvalue weighted by Crippen LogP contribution is -2.51. The smallest absolute Gasteiger partial charge is 0.324 e. The highest BCUT2D eigenvalue weighted by molar-refractivity contribution is 7.83. The van der Waals surface area contributed by atoms with Crippen molar-refractivity contribution in [2.75, 3.05) is 20.3 Å². The number of methoxy groups -OCH3 is 1. The summed E-state index contributed by atoms with van der Waals surface area (Å²) in [6.45, 7) is 8.07. The van der Waals surface area contributed by atoms with Crippen molar-refractivity contribution in [2.24, 2.45) is 5.41 Å². The van der Waals surface area contributed by atoms with Gasteiger partial charge in [-0.25, -0.2) is 8.93 Å². The number of carbonyl (C=O) groups excluding carboxylic acids is 1. The van der Waals surface area contributed by atoms with Gasteiger partial charge >= 0.3 is 5.97 Å². The Morgan fingerprint density at radius 2 is 1.91 bits per heavy atom. The molecule has 0 aliphatic heterocycles. The van der Waals surface area contributed by atoms with Crippen molar-refractivity contribution < 1.29 is 18.5 Å². The molecule has 0 heterocycles. The Kier molecular flexibility index (Phi) is 7.19. The minimum atomic E-state index is -1.50. The van der Waals surface area contributed by atoms with Gasteiger partial charge in [0.15, 0.2) is 0 Å². The average Bonchev–Trinajstić information content (AvgIpc) is 2.45. The Morgan fingerprint density at radius 3 is 2.41 bits per heavy atom. The van der Waals surface area contributed by atoms with Crippen LogP contribution in [0, 0.1) is 12.3 Å². The minimum absolute atomic E-state index is 0.275. The summed E-state index contributed by atoms with van der Waals surface area (Å²) in [6, 6.07) is 6.60. The Bertz CT molecular complexity index is 513. The second kappa shape index (κ2) is 8.41. The van der Waals surface area contributed by atoms with Gasteiger partial charge in [-0.2, -0.15) is 0 Å². The van der Waals surface area contributed by atoms with Crippen LogP contribution in [0.25, 0.3) is 0 Å². The standard InChI is InChI=1S/C16H25NO4S/c1-6-21-15(18)14(16(3,4)11-20-5)17-22(19)13-9-7-12(2)8-10-13/h7-10,14,17H,6,11H2,1-5H3/t14?,22-/m0/s1. The molecule has 1 N–H and O–H groups in total. The van der Waals surface area contributed by atoms with Crippen molar-refractivity contribution in [3.05, 3.63) is 29.8 Å². The number of rotatable bonds is 8. The molecule has 0 aliphatic rings. The molecule has 0 saturated heterocycles. The third kappa shape index (κ3) is 5.19. The van der Waals surface area contributed by atoms with E-state index in [0.717, 1.165) is 5.56 Å². The second-order valence-electron chi connectivity index (χ2n) is 5.81. The van der Waals surface area contributed by atoms with E-state index in [2.05, 4.69) is 4.72 Å². The molecule has 0 radical (unpaired) electrons. The van der Waals surface area contributed by atoms with Gasteiger partial charge in [0.25, 0.3) is 0 Å². The fourth-order valence-electron chi connectivity index (χ4n) is 2.04. The Labute approximate surface area is 135 Å². The van der Waals surface area contributed by atoms with Crippen LogP contribution in [0.2, 0.25) is 0 Å². The van der Waals surface area contributed by atoms with E-state index < -0.39 is 28.4 Å². The second-order valence-corrected chi connectivity index (χ2v) is 7.05. The predicted octanol–water partition coefficient (Wildman–Crippen LogP) is 2.21. The van der Waals surface area contributed by atoms with Crippen LogP contribution in [0.4, 0.5) is 0 Å². The maximum Gasteiger partial charge on any atom is 0.324 e. The van der Waals surface area contributed by atoms with Crippen LogP contribution in [0.15, 0.2) is 29.2 Å². The molecule has 2 atom stereocenters. The molecule has 5 nitrogen and oxygen atoms in total. The molecule has 0 bridgehead atoms. The van der Waals surface area contributed by atoms with Gasteiger partial charge in [0.1, 0.15) is 17.0 Å². The monoisotopic (exact) mass is 327 g/mol. The summed E-state index contributed by atoms with van der Waals surface area (Å²) < 4.78 is 25.6. The Morgan fingerprint density at radius 1 is 1.32 bits per heavy atom. The number of nitrogens with one attached hydrogen (secondary N) is 1. The summed E-state index contributed by atoms with van der Waals surface area (Å²) in [5.41, 5.74) is 0.531. The van der Waals surface area contributed by atoms with Crippen molar-refractivity contribution >= 4 is 17.0 Å². The van der Waals surface area contributed by atoms with Crippen LogP contribution in [0.3, 0.4) is 0 Å². The molecule has 0 aromatic heterocycles. The van der Waals surface area contributed by atoms with Gasteiger partial charge in [-0.1, -0.05) is 31.5 Å². The van der Waals surface area contributed by atoms with Crippen molar-refractivity contribution in [3.63, 3.8) is 0 Å². The molecule has 0 saturated carbocycles. The van der Waals surface area contributed by atoms with E-state index in [1.165, 1.54) is 0 Å². The van der Waals surface area contributed by atoms with Crippen LogP contribution in [-0.2, 0) is 25.3 Å². The lowest BCUT2D eigenvalue weighted by Gasteiger charge is -2.32. The molecule has 0 spiro atoms. The van der Waals surface area contributed by atoms with Gasteiger partial charge in [-0.3, -0.25) is 4.79 Å². The summed E-state index contributed by atoms with van der Waals surface area (Å²) in [6.07, 6.45) is 0. The molecule has 0 aliphatic carbocycles. The van der Waals surface area contributed by atoms with Crippen LogP contribution in [0.1, 0.15) is 26.3 Å². The highest BCUT2D eigenvalue weighted by atomic mass is 32.2. The largest absolute Gasteiger partial charge is 0.465 e. The normalized spacial score (nSPS) is 14.4. The molecule has 0 fully saturated rings. The summed E-state index contributed by atoms with van der Waals surface area (Å²) in [5.74, 6) is -0.426. The molecule has 1 rings (SSSR count). The van der Waals surface area contributed by atoms with Crippen LogP contribution in [-0.4, -0.2) is 36.5 Å². The van der Waals surface area contributed by atoms with Gasteiger partial charge in [-0.15, -0.1) is 0 Å². The summed E-state index contributed by atoms with van der Waals surface area (Å²) in [7, 11) is 0.0680. The first-order valence-corrected chi connectivity index (χ1v) is 8.37. The van der Waals surface area contributed by atoms with Crippen molar-refractivity contribution in [3.8, 4) is 0 Å². The minimum Gasteiger partial charge on any atom is -0.465 e. The molecule has 22 heavy (non-hydrogen) atoms. The van der Waals surface area contributed by atoms with E-state index in [9.17, 15) is 9.00 Å². The zero-order valence-corrected chi connectivity index (χ0v) is 14.7. The highest BCUT2D eigenvalue weighted by Gasteiger charge is 2.37. The fourth-order valence-corrected chi connectivity index (χ4v) is 3.19. The van der Waals surface area contributed by atoms with Gasteiger partial charge < -0.3 is 9.47 Å². The lowest BCUT2D eigenvalue weighted by molar-refractivity contribution is -0.149. The Hall–Kier alpha value is -1.24. The number of ether oxygens (including phenoxy) is 2. The van der Waals surface area contributed by atoms with Crippen molar-refractivity contribution in [2.45, 2.75) is 38.6 Å². The zero-order chi connectivity index (χ0) is 16.8. The van der Waals surface area contributed by atoms with E-state index in [-0.39, 0.29) is 6.61 Å². The third-order valence-corrected chi connectivity index (χ3v) is 4.43. The molecule has 1 aromatic rings. The highest BCUT2D eigenvalue weighted by Crippen LogP contribution is 2.23. The number of hydrogen-bond acceptors (Lipinski definition) is 4. The van der Waals surface area contributed by atoms with E-state index in [0.29, 0.717) is 11.5 Å². The molecule has 1 unspecified atom stereocenters. The van der Waals surface area contributed by atoms with E-state index >= 15 is 0 Å². The van der Waals surface area contributed by atoms with Gasteiger partial charge in [0, 0.05) is 12.5 Å². The van der Waals surface area contributed by atoms with Crippen LogP contribution in [0.5, 0.6) is 0 Å². The van der Waals surface area contributed by atoms with Gasteiger partial charge in [0.05, 0.1) is 18.1 Å². The van der Waals surface area contributed by atoms with Crippen LogP contribution >= 0.6 is 0 Å². The molecule has 124 valence electrons. The van der Waals surface area contributed by atoms with Crippen molar-refractivity contribution in [1.29, 1.82) is 0 Å². The molecular formula is C16H25NO4S. The predicted molar refractivity (Wildman–Crippen MR) is 86.8 cm³/mol. The zero-order valence-electron chi connectivity index (χ0n) is 13.8. The van der Waals surface area contributed by atoms with Gasteiger partial charge in [-0.05, 0) is 26.0 Å². The first-order valence-electron chi connectivity index (χ1n) is 7.22. The maximum atomic E-state index is 12.5. The molecule has 1 aromatic carbocycles. The van der Waals surface area contributed by atoms with E-state index in [4.69, 9.17) is 9.47 Å². The molecule has 6 heteroatoms. The van der Waals surface area contributed by atoms with Gasteiger partial charge in [0.2, 0.25) is 0 Å². The number of carbonyl (C=O) groups is 1. The lowest BCUT2D eigenvalue weighted by atomic mass is 9.86. The van der Waals surface area contributed by atoms with Crippen LogP contribution < -0.4 is 4.72 Å². The van der Waals surface area contributed by atoms with E-state index in [1.54, 1.807) is 26.2 Å². The quantitative estimate of drug-likeness (QED) is 0.744. The average molecular weight is 327 g/mol. The van der Waals surface area contributed by atoms with Crippen molar-refractivity contribution in [1.82, 2.24) is 4.72 Å². The number of esters is 1. The van der Waals surface area contributed by atoms with E-state index in [1.807, 2.05) is 32.9 Å². The maximum absolute atomic E-state index is 12.5. The number of aryl methyl sites for hydroxylation is 1. The number of benzene rings is 1. The molecular weight excluding hydrogens is 302 g/mol. The summed E-state index contributed by atoms with van der Waals surface area (Å²) >= 11 is 0. The fraction of sp³-hybridized carbons (Fsp3) is 0.562. The number of hydrogen-bond donors (Lipinski definition) is 1. The summed E-state index contributed by atoms with van der Waals surface area (Å²) in [5, 5.41) is 0. The molecule has 0 amide bonds. The first-order chi connectivity index (χ1) is 10.3. The first kappa shape index (κ1) is 18.8. The third-order valence-electron chi connectivity index (χ3n) is 3.28. The topological polar surface area (TPSA) is 64.6 Å². The Balaban J connectivity index is 2.94. The SMILES string of the molecule is CCOC(=O)C(N[S@@](=O)c1ccc(C)cc1)C(C)(C)COC. The summed E-state index contributed by atoms with van der Waals surface area (Å²) in [4.78, 5) is 12.8.